The molecule has 0 bridgehead atoms. The maximum absolute atomic E-state index is 13.4. The first-order valence-electron chi connectivity index (χ1n) is 14.0. The minimum atomic E-state index is -0.865. The Morgan fingerprint density at radius 1 is 0.738 bits per heavy atom. The maximum atomic E-state index is 13.4. The maximum Gasteiger partial charge on any atom is 0.338 e. The topological polar surface area (TPSA) is 52.6 Å². The third-order valence-electron chi connectivity index (χ3n) is 7.67. The molecule has 3 heterocycles. The second kappa shape index (κ2) is 11.1. The van der Waals surface area contributed by atoms with Crippen LogP contribution < -0.4 is 0 Å². The summed E-state index contributed by atoms with van der Waals surface area (Å²) in [5, 5.41) is 2.41. The third-order valence-corrected chi connectivity index (χ3v) is 16.7. The number of thiophene rings is 2. The summed E-state index contributed by atoms with van der Waals surface area (Å²) in [5.41, 5.74) is 4.00. The van der Waals surface area contributed by atoms with E-state index in [-0.39, 0.29) is 13.2 Å². The summed E-state index contributed by atoms with van der Waals surface area (Å²) in [7, 11) is -1.48. The van der Waals surface area contributed by atoms with Crippen molar-refractivity contribution in [3.63, 3.8) is 0 Å². The number of esters is 2. The molecule has 3 aromatic carbocycles. The van der Waals surface area contributed by atoms with Crippen molar-refractivity contribution in [3.8, 4) is 22.3 Å². The summed E-state index contributed by atoms with van der Waals surface area (Å²) < 4.78 is 16.3. The molecule has 0 N–H and O–H groups in total. The van der Waals surface area contributed by atoms with Crippen LogP contribution in [0.25, 0.3) is 42.4 Å². The molecule has 0 saturated carbocycles. The predicted octanol–water partition coefficient (Wildman–Crippen LogP) is 9.66. The molecule has 0 atom stereocenters. The molecule has 8 heteroatoms. The SMILES string of the molecule is CCOC(=O)c1cc(-c2ccc3cc(S4(C)CC4)sc3c2)c(C(=O)OCC)cc1-c1ccc2cc(S(C)(C)C)sc2c1. The van der Waals surface area contributed by atoms with Gasteiger partial charge in [-0.25, -0.2) is 29.6 Å². The standard InChI is InChI=1S/C34H36O4S4/c1-7-37-33(35)27-20-26(22-10-12-24-18-32(40-30(24)16-22)42(6)13-14-42)28(34(36)38-8-2)19-25(27)21-9-11-23-17-31(41(3,4)5)39-29(23)15-21/h9-12,15-20H,7-8,13-14H2,1-6H3. The highest BCUT2D eigenvalue weighted by molar-refractivity contribution is 8.39. The predicted molar refractivity (Wildman–Crippen MR) is 185 cm³/mol. The Morgan fingerprint density at radius 2 is 1.24 bits per heavy atom. The number of benzene rings is 3. The summed E-state index contributed by atoms with van der Waals surface area (Å²) in [6, 6.07) is 20.8. The average molecular weight is 637 g/mol. The van der Waals surface area contributed by atoms with Gasteiger partial charge in [0.15, 0.2) is 0 Å². The van der Waals surface area contributed by atoms with Crippen molar-refractivity contribution in [2.45, 2.75) is 22.3 Å². The quantitative estimate of drug-likeness (QED) is 0.126. The summed E-state index contributed by atoms with van der Waals surface area (Å²) in [6.45, 7) is 4.15. The molecule has 0 radical (unpaired) electrons. The van der Waals surface area contributed by atoms with E-state index in [1.807, 2.05) is 49.4 Å². The molecule has 0 unspecified atom stereocenters. The molecule has 1 fully saturated rings. The Kier molecular flexibility index (Phi) is 7.71. The van der Waals surface area contributed by atoms with Crippen LogP contribution in [0.1, 0.15) is 34.6 Å². The lowest BCUT2D eigenvalue weighted by molar-refractivity contribution is 0.0513. The zero-order chi connectivity index (χ0) is 29.8. The first-order valence-corrected chi connectivity index (χ1v) is 20.9. The Balaban J connectivity index is 1.54. The van der Waals surface area contributed by atoms with Gasteiger partial charge in [-0.1, -0.05) is 24.3 Å². The van der Waals surface area contributed by atoms with Crippen LogP contribution in [-0.4, -0.2) is 61.7 Å². The fraction of sp³-hybridized carbons (Fsp3) is 0.294. The van der Waals surface area contributed by atoms with Gasteiger partial charge in [-0.05, 0) is 120 Å². The van der Waals surface area contributed by atoms with Crippen molar-refractivity contribution in [2.24, 2.45) is 0 Å². The van der Waals surface area contributed by atoms with E-state index in [0.29, 0.717) is 22.3 Å². The molecule has 1 aliphatic rings. The fourth-order valence-corrected chi connectivity index (χ4v) is 11.9. The minimum Gasteiger partial charge on any atom is -0.462 e. The normalized spacial score (nSPS) is 15.5. The van der Waals surface area contributed by atoms with Crippen LogP contribution in [0.2, 0.25) is 0 Å². The zero-order valence-electron chi connectivity index (χ0n) is 24.9. The summed E-state index contributed by atoms with van der Waals surface area (Å²) in [6.07, 6.45) is 9.29. The Morgan fingerprint density at radius 3 is 1.71 bits per heavy atom. The number of carbonyl (C=O) groups is 2. The summed E-state index contributed by atoms with van der Waals surface area (Å²) in [4.78, 5) is 26.9. The second-order valence-corrected chi connectivity index (χ2v) is 22.1. The first kappa shape index (κ1) is 29.3. The molecular weight excluding hydrogens is 601 g/mol. The number of rotatable bonds is 8. The minimum absolute atomic E-state index is 0.264. The van der Waals surface area contributed by atoms with E-state index in [4.69, 9.17) is 9.47 Å². The summed E-state index contributed by atoms with van der Waals surface area (Å²) in [5.74, 6) is 1.81. The van der Waals surface area contributed by atoms with Gasteiger partial charge < -0.3 is 9.47 Å². The van der Waals surface area contributed by atoms with Gasteiger partial charge in [-0.2, -0.15) is 0 Å². The van der Waals surface area contributed by atoms with Gasteiger partial charge >= 0.3 is 11.9 Å². The number of hydrogen-bond donors (Lipinski definition) is 0. The molecule has 6 rings (SSSR count). The lowest BCUT2D eigenvalue weighted by Gasteiger charge is -2.22. The Bertz CT molecular complexity index is 1730. The van der Waals surface area contributed by atoms with Gasteiger partial charge in [-0.15, -0.1) is 22.7 Å². The van der Waals surface area contributed by atoms with Crippen molar-refractivity contribution in [2.75, 3.05) is 49.7 Å². The molecule has 5 aromatic rings. The van der Waals surface area contributed by atoms with Crippen LogP contribution in [0.15, 0.2) is 69.1 Å². The zero-order valence-corrected chi connectivity index (χ0v) is 28.1. The molecule has 220 valence electrons. The van der Waals surface area contributed by atoms with Gasteiger partial charge in [0.25, 0.3) is 0 Å². The van der Waals surface area contributed by atoms with Crippen LogP contribution in [0.3, 0.4) is 0 Å². The number of carbonyl (C=O) groups excluding carboxylic acids is 2. The second-order valence-electron chi connectivity index (χ2n) is 11.5. The lowest BCUT2D eigenvalue weighted by Crippen LogP contribution is -2.11. The van der Waals surface area contributed by atoms with E-state index >= 15 is 0 Å². The van der Waals surface area contributed by atoms with Gasteiger partial charge in [0.1, 0.15) is 0 Å². The van der Waals surface area contributed by atoms with Crippen LogP contribution in [0, 0.1) is 0 Å². The molecule has 0 amide bonds. The van der Waals surface area contributed by atoms with E-state index in [2.05, 4.69) is 61.4 Å². The van der Waals surface area contributed by atoms with E-state index in [0.717, 1.165) is 15.8 Å². The van der Waals surface area contributed by atoms with Crippen molar-refractivity contribution < 1.29 is 19.1 Å². The molecule has 0 spiro atoms. The van der Waals surface area contributed by atoms with Gasteiger partial charge in [0.05, 0.1) is 24.3 Å². The summed E-state index contributed by atoms with van der Waals surface area (Å²) >= 11 is 3.65. The van der Waals surface area contributed by atoms with E-state index in [9.17, 15) is 9.59 Å². The molecule has 4 nitrogen and oxygen atoms in total. The number of hydrogen-bond acceptors (Lipinski definition) is 6. The van der Waals surface area contributed by atoms with E-state index in [1.165, 1.54) is 35.4 Å². The molecule has 2 aromatic heterocycles. The molecule has 42 heavy (non-hydrogen) atoms. The highest BCUT2D eigenvalue weighted by Gasteiger charge is 2.35. The molecule has 1 aliphatic heterocycles. The molecule has 1 saturated heterocycles. The highest BCUT2D eigenvalue weighted by Crippen LogP contribution is 2.67. The van der Waals surface area contributed by atoms with Crippen molar-refractivity contribution in [3.05, 3.63) is 71.8 Å². The largest absolute Gasteiger partial charge is 0.462 e. The molecular formula is C34H36O4S4. The van der Waals surface area contributed by atoms with Gasteiger partial charge in [-0.3, -0.25) is 0 Å². The fourth-order valence-electron chi connectivity index (χ4n) is 5.05. The van der Waals surface area contributed by atoms with E-state index in [1.54, 1.807) is 11.3 Å². The Labute approximate surface area is 258 Å². The Hall–Kier alpha value is -2.78. The van der Waals surface area contributed by atoms with Crippen LogP contribution in [-0.2, 0) is 9.47 Å². The van der Waals surface area contributed by atoms with Gasteiger partial charge in [0.2, 0.25) is 0 Å². The smallest absolute Gasteiger partial charge is 0.338 e. The third kappa shape index (κ3) is 5.50. The number of ether oxygens (including phenoxy) is 2. The van der Waals surface area contributed by atoms with Crippen molar-refractivity contribution in [1.29, 1.82) is 0 Å². The monoisotopic (exact) mass is 636 g/mol. The van der Waals surface area contributed by atoms with Crippen LogP contribution in [0.4, 0.5) is 0 Å². The van der Waals surface area contributed by atoms with Gasteiger partial charge in [0, 0.05) is 17.8 Å². The van der Waals surface area contributed by atoms with Crippen molar-refractivity contribution >= 4 is 74.8 Å². The van der Waals surface area contributed by atoms with Crippen molar-refractivity contribution in [1.82, 2.24) is 0 Å². The lowest BCUT2D eigenvalue weighted by atomic mass is 9.90. The first-order chi connectivity index (χ1) is 20.0. The van der Waals surface area contributed by atoms with Crippen LogP contribution in [0.5, 0.6) is 0 Å². The highest BCUT2D eigenvalue weighted by atomic mass is 32.3. The molecule has 0 aliphatic carbocycles. The number of fused-ring (bicyclic) bond motifs is 2. The van der Waals surface area contributed by atoms with Crippen LogP contribution >= 0.6 is 42.7 Å². The average Bonchev–Trinajstić information content (AvgIpc) is 3.35. The van der Waals surface area contributed by atoms with E-state index < -0.39 is 32.0 Å².